The van der Waals surface area contributed by atoms with Crippen molar-refractivity contribution in [2.45, 2.75) is 57.8 Å². The molecule has 0 aromatic carbocycles. The Morgan fingerprint density at radius 1 is 1.24 bits per heavy atom. The van der Waals surface area contributed by atoms with Gasteiger partial charge in [0.1, 0.15) is 12.4 Å². The van der Waals surface area contributed by atoms with Crippen molar-refractivity contribution in [2.24, 2.45) is 12.0 Å². The molecular formula is C20H36N8O. The van der Waals surface area contributed by atoms with E-state index in [1.165, 1.54) is 19.3 Å². The van der Waals surface area contributed by atoms with Crippen LogP contribution in [0, 0.1) is 6.92 Å². The standard InChI is InChI=1S/C20H36N8O/c1-15-12-17(14-28(15)18-4-5-18)23-20(21-6-7-27-8-10-29-11-9-27)22-13-19-25-24-16(2)26(19)3/h15,17-18H,4-14H2,1-3H3,(H2,21,22,23). The number of morpholine rings is 1. The molecule has 1 aliphatic carbocycles. The molecule has 1 aromatic rings. The number of rotatable bonds is 7. The van der Waals surface area contributed by atoms with Crippen LogP contribution in [-0.4, -0.2) is 94.6 Å². The average molecular weight is 405 g/mol. The molecule has 1 saturated carbocycles. The van der Waals surface area contributed by atoms with Gasteiger partial charge >= 0.3 is 0 Å². The first-order valence-corrected chi connectivity index (χ1v) is 11.1. The first-order valence-electron chi connectivity index (χ1n) is 11.1. The molecule has 29 heavy (non-hydrogen) atoms. The molecule has 3 fully saturated rings. The summed E-state index contributed by atoms with van der Waals surface area (Å²) in [6.07, 6.45) is 3.90. The van der Waals surface area contributed by atoms with E-state index in [1.54, 1.807) is 0 Å². The molecule has 1 aromatic heterocycles. The minimum Gasteiger partial charge on any atom is -0.379 e. The second kappa shape index (κ2) is 9.40. The van der Waals surface area contributed by atoms with Gasteiger partial charge < -0.3 is 19.9 Å². The SMILES string of the molecule is Cc1nnc(CN=C(NCCN2CCOCC2)NC2CC(C)N(C3CC3)C2)n1C. The number of guanidine groups is 1. The highest BCUT2D eigenvalue weighted by atomic mass is 16.5. The Morgan fingerprint density at radius 3 is 2.72 bits per heavy atom. The summed E-state index contributed by atoms with van der Waals surface area (Å²) >= 11 is 0. The maximum absolute atomic E-state index is 5.44. The van der Waals surface area contributed by atoms with E-state index in [0.29, 0.717) is 18.6 Å². The van der Waals surface area contributed by atoms with Crippen molar-refractivity contribution in [1.82, 2.24) is 35.2 Å². The maximum atomic E-state index is 5.44. The zero-order chi connectivity index (χ0) is 20.2. The molecule has 3 heterocycles. The number of nitrogens with one attached hydrogen (secondary N) is 2. The molecule has 9 nitrogen and oxygen atoms in total. The molecule has 2 saturated heterocycles. The fourth-order valence-corrected chi connectivity index (χ4v) is 4.32. The molecule has 162 valence electrons. The topological polar surface area (TPSA) is 82.8 Å². The fourth-order valence-electron chi connectivity index (χ4n) is 4.32. The second-order valence-electron chi connectivity index (χ2n) is 8.62. The largest absolute Gasteiger partial charge is 0.379 e. The van der Waals surface area contributed by atoms with E-state index >= 15 is 0 Å². The number of nitrogens with zero attached hydrogens (tertiary/aromatic N) is 6. The van der Waals surface area contributed by atoms with Gasteiger partial charge in [-0.2, -0.15) is 0 Å². The summed E-state index contributed by atoms with van der Waals surface area (Å²) in [5.41, 5.74) is 0. The smallest absolute Gasteiger partial charge is 0.192 e. The van der Waals surface area contributed by atoms with Crippen LogP contribution in [0.25, 0.3) is 0 Å². The molecule has 2 N–H and O–H groups in total. The van der Waals surface area contributed by atoms with Gasteiger partial charge in [0.05, 0.1) is 13.2 Å². The third-order valence-corrected chi connectivity index (χ3v) is 6.37. The first-order chi connectivity index (χ1) is 14.1. The number of aromatic nitrogens is 3. The van der Waals surface area contributed by atoms with E-state index in [2.05, 4.69) is 37.6 Å². The summed E-state index contributed by atoms with van der Waals surface area (Å²) in [5.74, 6) is 2.68. The Bertz CT molecular complexity index is 695. The van der Waals surface area contributed by atoms with Crippen LogP contribution >= 0.6 is 0 Å². The molecule has 9 heteroatoms. The molecule has 2 aliphatic heterocycles. The fraction of sp³-hybridized carbons (Fsp3) is 0.850. The second-order valence-corrected chi connectivity index (χ2v) is 8.62. The minimum absolute atomic E-state index is 0.446. The molecule has 0 amide bonds. The normalized spacial score (nSPS) is 26.8. The Balaban J connectivity index is 1.34. The van der Waals surface area contributed by atoms with Crippen molar-refractivity contribution < 1.29 is 4.74 Å². The van der Waals surface area contributed by atoms with Gasteiger partial charge in [0, 0.05) is 57.9 Å². The predicted molar refractivity (Wildman–Crippen MR) is 113 cm³/mol. The van der Waals surface area contributed by atoms with Crippen LogP contribution in [0.5, 0.6) is 0 Å². The van der Waals surface area contributed by atoms with Crippen LogP contribution in [0.1, 0.15) is 37.8 Å². The van der Waals surface area contributed by atoms with Crippen LogP contribution in [0.2, 0.25) is 0 Å². The zero-order valence-electron chi connectivity index (χ0n) is 18.1. The highest BCUT2D eigenvalue weighted by Crippen LogP contribution is 2.33. The Morgan fingerprint density at radius 2 is 2.03 bits per heavy atom. The van der Waals surface area contributed by atoms with E-state index in [1.807, 2.05) is 18.5 Å². The summed E-state index contributed by atoms with van der Waals surface area (Å²) in [6.45, 7) is 11.5. The lowest BCUT2D eigenvalue weighted by Gasteiger charge is -2.27. The van der Waals surface area contributed by atoms with Crippen LogP contribution in [0.3, 0.4) is 0 Å². The molecule has 2 atom stereocenters. The lowest BCUT2D eigenvalue weighted by molar-refractivity contribution is 0.0389. The van der Waals surface area contributed by atoms with E-state index in [-0.39, 0.29) is 0 Å². The maximum Gasteiger partial charge on any atom is 0.192 e. The number of aliphatic imine (C=N–C) groups is 1. The van der Waals surface area contributed by atoms with Crippen molar-refractivity contribution in [3.63, 3.8) is 0 Å². The number of hydrogen-bond donors (Lipinski definition) is 2. The van der Waals surface area contributed by atoms with Gasteiger partial charge in [0.15, 0.2) is 11.8 Å². The van der Waals surface area contributed by atoms with Crippen molar-refractivity contribution in [1.29, 1.82) is 0 Å². The van der Waals surface area contributed by atoms with E-state index in [9.17, 15) is 0 Å². The number of aryl methyl sites for hydroxylation is 1. The van der Waals surface area contributed by atoms with Crippen LogP contribution < -0.4 is 10.6 Å². The van der Waals surface area contributed by atoms with Crippen molar-refractivity contribution >= 4 is 5.96 Å². The Labute approximate surface area is 173 Å². The quantitative estimate of drug-likeness (QED) is 0.493. The van der Waals surface area contributed by atoms with Gasteiger partial charge in [0.25, 0.3) is 0 Å². The Hall–Kier alpha value is -1.71. The lowest BCUT2D eigenvalue weighted by atomic mass is 10.2. The summed E-state index contributed by atoms with van der Waals surface area (Å²) in [7, 11) is 1.99. The van der Waals surface area contributed by atoms with Gasteiger partial charge in [-0.1, -0.05) is 0 Å². The van der Waals surface area contributed by atoms with E-state index < -0.39 is 0 Å². The highest BCUT2D eigenvalue weighted by Gasteiger charge is 2.38. The van der Waals surface area contributed by atoms with Gasteiger partial charge in [0.2, 0.25) is 0 Å². The van der Waals surface area contributed by atoms with E-state index in [0.717, 1.165) is 69.6 Å². The van der Waals surface area contributed by atoms with Crippen LogP contribution in [0.4, 0.5) is 0 Å². The third-order valence-electron chi connectivity index (χ3n) is 6.37. The summed E-state index contributed by atoms with van der Waals surface area (Å²) in [4.78, 5) is 9.93. The molecule has 0 spiro atoms. The molecular weight excluding hydrogens is 368 g/mol. The van der Waals surface area contributed by atoms with Crippen molar-refractivity contribution in [3.05, 3.63) is 11.6 Å². The molecule has 0 bridgehead atoms. The third kappa shape index (κ3) is 5.46. The zero-order valence-corrected chi connectivity index (χ0v) is 18.1. The number of hydrogen-bond acceptors (Lipinski definition) is 6. The Kier molecular flexibility index (Phi) is 6.67. The van der Waals surface area contributed by atoms with Crippen LogP contribution in [-0.2, 0) is 18.3 Å². The van der Waals surface area contributed by atoms with Gasteiger partial charge in [-0.15, -0.1) is 10.2 Å². The summed E-state index contributed by atoms with van der Waals surface area (Å²) in [6, 6.07) is 1.91. The molecule has 0 radical (unpaired) electrons. The molecule has 4 rings (SSSR count). The molecule has 2 unspecified atom stereocenters. The summed E-state index contributed by atoms with van der Waals surface area (Å²) < 4.78 is 7.44. The first kappa shape index (κ1) is 20.6. The lowest BCUT2D eigenvalue weighted by Crippen LogP contribution is -2.48. The average Bonchev–Trinajstić information content (AvgIpc) is 3.43. The van der Waals surface area contributed by atoms with Crippen molar-refractivity contribution in [3.8, 4) is 0 Å². The van der Waals surface area contributed by atoms with Gasteiger partial charge in [-0.05, 0) is 33.1 Å². The highest BCUT2D eigenvalue weighted by molar-refractivity contribution is 5.80. The van der Waals surface area contributed by atoms with Crippen LogP contribution in [0.15, 0.2) is 4.99 Å². The number of likely N-dealkylation sites (tertiary alicyclic amines) is 1. The number of ether oxygens (including phenoxy) is 1. The summed E-state index contributed by atoms with van der Waals surface area (Å²) in [5, 5.41) is 15.6. The minimum atomic E-state index is 0.446. The molecule has 3 aliphatic rings. The predicted octanol–water partition coefficient (Wildman–Crippen LogP) is 0.116. The monoisotopic (exact) mass is 404 g/mol. The van der Waals surface area contributed by atoms with Gasteiger partial charge in [-0.3, -0.25) is 9.80 Å². The van der Waals surface area contributed by atoms with E-state index in [4.69, 9.17) is 9.73 Å². The van der Waals surface area contributed by atoms with Gasteiger partial charge in [-0.25, -0.2) is 4.99 Å². The van der Waals surface area contributed by atoms with Crippen molar-refractivity contribution in [2.75, 3.05) is 45.9 Å².